The number of hydrogen-bond acceptors (Lipinski definition) is 7. The van der Waals surface area contributed by atoms with E-state index in [-0.39, 0.29) is 0 Å². The van der Waals surface area contributed by atoms with Crippen LogP contribution in [0, 0.1) is 0 Å². The summed E-state index contributed by atoms with van der Waals surface area (Å²) in [5, 5.41) is 11.4. The molecule has 0 amide bonds. The summed E-state index contributed by atoms with van der Waals surface area (Å²) in [6, 6.07) is 188. The number of para-hydroxylation sites is 11. The molecule has 141 heavy (non-hydrogen) atoms. The van der Waals surface area contributed by atoms with E-state index >= 15 is 0 Å². The predicted molar refractivity (Wildman–Crippen MR) is 588 cm³/mol. The topological polar surface area (TPSA) is 62.2 Å². The Morgan fingerprint density at radius 2 is 0.340 bits per heavy atom. The SMILES string of the molecule is c1ccc(N(c2ccc(-c3ccc(N(c4ccc(-c5ccc(N(c6ccc(-c7cccc8c7oc7ccccc78)cc6)c6ccc7c(c6)c6ccccc6n7-c6ccccc6)cc5)cc4)c4ccc(-c5ccc(N(c6ccc(-c7cccc8c7oc7ccccc78)cc6)c6ccc7c(c6)c6ccccc6n7-c6ccccc6)cc5)cc4)cc3)cc2)c2ccc(-c3cccc4c3oc3ccccc34)cc2)cc1. The van der Waals surface area contributed by atoms with Crippen LogP contribution in [0.1, 0.15) is 0 Å². The second-order valence-electron chi connectivity index (χ2n) is 36.2. The lowest BCUT2D eigenvalue weighted by molar-refractivity contribution is 0.669. The Labute approximate surface area is 813 Å². The second-order valence-corrected chi connectivity index (χ2v) is 36.2. The van der Waals surface area contributed by atoms with Gasteiger partial charge >= 0.3 is 0 Å². The van der Waals surface area contributed by atoms with Crippen LogP contribution in [-0.4, -0.2) is 9.13 Å². The highest BCUT2D eigenvalue weighted by atomic mass is 16.3. The molecule has 27 aromatic rings. The summed E-state index contributed by atoms with van der Waals surface area (Å²) in [5.41, 5.74) is 37.6. The van der Waals surface area contributed by atoms with Crippen molar-refractivity contribution in [3.05, 3.63) is 522 Å². The first-order valence-electron chi connectivity index (χ1n) is 48.0. The van der Waals surface area contributed by atoms with Gasteiger partial charge in [-0.05, 0) is 262 Å². The van der Waals surface area contributed by atoms with Gasteiger partial charge in [-0.2, -0.15) is 0 Å². The van der Waals surface area contributed by atoms with E-state index < -0.39 is 0 Å². The third kappa shape index (κ3) is 14.3. The first-order chi connectivity index (χ1) is 69.9. The van der Waals surface area contributed by atoms with Crippen LogP contribution in [0.3, 0.4) is 0 Å². The number of rotatable bonds is 20. The normalized spacial score (nSPS) is 11.7. The van der Waals surface area contributed by atoms with E-state index in [9.17, 15) is 0 Å². The minimum atomic E-state index is 0.881. The minimum absolute atomic E-state index is 0.881. The molecule has 5 heterocycles. The number of aromatic nitrogens is 2. The van der Waals surface area contributed by atoms with Gasteiger partial charge in [0.1, 0.15) is 33.5 Å². The van der Waals surface area contributed by atoms with Crippen molar-refractivity contribution >= 4 is 178 Å². The first kappa shape index (κ1) is 81.6. The standard InChI is InChI=1S/C132H86N6O3/c1-4-23-96(24-5-1)133(103-75-57-93(58-76-103)110-34-20-37-118-115-31-12-17-42-127(115)139-130(110)118)99-63-45-87(46-64-99)88-47-65-100(66-48-88)134(101-67-49-89(50-68-101)91-53-71-104(72-54-91)135(106-77-59-94(60-78-106)111-35-21-38-119-116-32-13-18-43-128(116)140-131(111)119)108-81-83-125-121(85-108)113-29-10-15-40-123(113)137(125)97-25-6-2-7-26-97)102-69-51-90(52-70-102)92-55-73-105(74-56-92)136(107-79-61-95(62-80-107)112-36-22-39-120-117-33-14-19-44-129(117)141-132(112)120)109-82-84-126-122(86-109)114-30-11-16-41-124(114)138(126)98-27-8-3-9-28-98/h1-86H. The number of furan rings is 3. The molecular formula is C132H86N6O3. The summed E-state index contributed by atoms with van der Waals surface area (Å²) in [4.78, 5) is 9.46. The van der Waals surface area contributed by atoms with Crippen LogP contribution in [0.15, 0.2) is 535 Å². The molecule has 0 saturated carbocycles. The lowest BCUT2D eigenvalue weighted by atomic mass is 10.0. The highest BCUT2D eigenvalue weighted by molar-refractivity contribution is 6.15. The maximum absolute atomic E-state index is 6.60. The molecule has 0 fully saturated rings. The lowest BCUT2D eigenvalue weighted by Gasteiger charge is -2.27. The minimum Gasteiger partial charge on any atom is -0.455 e. The van der Waals surface area contributed by atoms with Crippen LogP contribution < -0.4 is 19.6 Å². The summed E-state index contributed by atoms with van der Waals surface area (Å²) in [6.45, 7) is 0. The van der Waals surface area contributed by atoms with Crippen molar-refractivity contribution in [2.45, 2.75) is 0 Å². The van der Waals surface area contributed by atoms with Gasteiger partial charge in [0.2, 0.25) is 0 Å². The first-order valence-corrected chi connectivity index (χ1v) is 48.0. The Bertz CT molecular complexity index is 9020. The van der Waals surface area contributed by atoms with Crippen LogP contribution in [0.4, 0.5) is 68.2 Å². The van der Waals surface area contributed by atoms with E-state index in [1.165, 1.54) is 21.5 Å². The van der Waals surface area contributed by atoms with Gasteiger partial charge in [-0.1, -0.05) is 309 Å². The Morgan fingerprint density at radius 1 is 0.135 bits per heavy atom. The average molecular weight is 1800 g/mol. The van der Waals surface area contributed by atoms with Crippen LogP contribution >= 0.6 is 0 Å². The van der Waals surface area contributed by atoms with E-state index in [2.05, 4.69) is 514 Å². The Balaban J connectivity index is 0.529. The number of fused-ring (bicyclic) bond motifs is 15. The molecule has 0 N–H and O–H groups in total. The Hall–Kier alpha value is -19.0. The van der Waals surface area contributed by atoms with Crippen molar-refractivity contribution in [3.8, 4) is 78.1 Å². The summed E-state index contributed by atoms with van der Waals surface area (Å²) in [7, 11) is 0. The van der Waals surface area contributed by atoms with E-state index in [1.54, 1.807) is 0 Å². The zero-order chi connectivity index (χ0) is 93.0. The van der Waals surface area contributed by atoms with E-state index in [0.717, 1.165) is 234 Å². The van der Waals surface area contributed by atoms with E-state index in [1.807, 2.05) is 36.4 Å². The fourth-order valence-corrected chi connectivity index (χ4v) is 21.4. The third-order valence-electron chi connectivity index (χ3n) is 28.1. The zero-order valence-corrected chi connectivity index (χ0v) is 76.6. The molecule has 0 atom stereocenters. The van der Waals surface area contributed by atoms with Gasteiger partial charge in [0.15, 0.2) is 0 Å². The van der Waals surface area contributed by atoms with Gasteiger partial charge in [-0.3, -0.25) is 0 Å². The molecule has 9 heteroatoms. The van der Waals surface area contributed by atoms with Gasteiger partial charge in [0.05, 0.1) is 22.1 Å². The van der Waals surface area contributed by atoms with Crippen LogP contribution in [0.5, 0.6) is 0 Å². The van der Waals surface area contributed by atoms with Gasteiger partial charge in [-0.25, -0.2) is 0 Å². The maximum atomic E-state index is 6.60. The molecular weight excluding hydrogens is 1720 g/mol. The Morgan fingerprint density at radius 3 is 0.624 bits per heavy atom. The molecule has 662 valence electrons. The molecule has 0 saturated heterocycles. The number of benzene rings is 22. The predicted octanol–water partition coefficient (Wildman–Crippen LogP) is 37.5. The molecule has 0 spiro atoms. The Kier molecular flexibility index (Phi) is 19.8. The van der Waals surface area contributed by atoms with Crippen molar-refractivity contribution in [2.75, 3.05) is 19.6 Å². The quantitative estimate of drug-likeness (QED) is 0.0753. The molecule has 0 unspecified atom stereocenters. The van der Waals surface area contributed by atoms with Gasteiger partial charge < -0.3 is 42.0 Å². The van der Waals surface area contributed by atoms with Crippen molar-refractivity contribution in [1.82, 2.24) is 9.13 Å². The molecule has 0 radical (unpaired) electrons. The summed E-state index contributed by atoms with van der Waals surface area (Å²) >= 11 is 0. The number of nitrogens with zero attached hydrogens (tertiary/aromatic N) is 6. The van der Waals surface area contributed by atoms with Gasteiger partial charge in [-0.15, -0.1) is 0 Å². The molecule has 0 aliphatic rings. The molecule has 0 aliphatic carbocycles. The summed E-state index contributed by atoms with van der Waals surface area (Å²) in [6.07, 6.45) is 0. The van der Waals surface area contributed by atoms with Crippen LogP contribution in [-0.2, 0) is 0 Å². The second kappa shape index (κ2) is 34.1. The highest BCUT2D eigenvalue weighted by Crippen LogP contribution is 2.49. The summed E-state index contributed by atoms with van der Waals surface area (Å²) < 4.78 is 24.5. The third-order valence-corrected chi connectivity index (χ3v) is 28.1. The van der Waals surface area contributed by atoms with Crippen molar-refractivity contribution in [3.63, 3.8) is 0 Å². The largest absolute Gasteiger partial charge is 0.455 e. The van der Waals surface area contributed by atoms with Crippen LogP contribution in [0.2, 0.25) is 0 Å². The smallest absolute Gasteiger partial charge is 0.143 e. The van der Waals surface area contributed by atoms with Crippen molar-refractivity contribution in [1.29, 1.82) is 0 Å². The monoisotopic (exact) mass is 1800 g/mol. The van der Waals surface area contributed by atoms with Crippen molar-refractivity contribution < 1.29 is 13.3 Å². The van der Waals surface area contributed by atoms with E-state index in [4.69, 9.17) is 13.3 Å². The van der Waals surface area contributed by atoms with E-state index in [0.29, 0.717) is 0 Å². The summed E-state index contributed by atoms with van der Waals surface area (Å²) in [5.74, 6) is 0. The molecule has 22 aromatic carbocycles. The highest BCUT2D eigenvalue weighted by Gasteiger charge is 2.26. The fourth-order valence-electron chi connectivity index (χ4n) is 21.4. The fraction of sp³-hybridized carbons (Fsp3) is 0. The molecule has 5 aromatic heterocycles. The van der Waals surface area contributed by atoms with Crippen LogP contribution in [0.25, 0.3) is 188 Å². The molecule has 9 nitrogen and oxygen atoms in total. The molecule has 27 rings (SSSR count). The molecule has 0 aliphatic heterocycles. The number of anilines is 12. The molecule has 0 bridgehead atoms. The maximum Gasteiger partial charge on any atom is 0.143 e. The van der Waals surface area contributed by atoms with Gasteiger partial charge in [0, 0.05) is 150 Å². The zero-order valence-electron chi connectivity index (χ0n) is 76.6. The van der Waals surface area contributed by atoms with Gasteiger partial charge in [0.25, 0.3) is 0 Å². The van der Waals surface area contributed by atoms with Crippen molar-refractivity contribution in [2.24, 2.45) is 0 Å². The average Bonchev–Trinajstić information content (AvgIpc) is 1.59. The lowest BCUT2D eigenvalue weighted by Crippen LogP contribution is -2.10. The number of hydrogen-bond donors (Lipinski definition) is 0.